The largest absolute Gasteiger partial charge is 0.308 e. The molecule has 0 radical (unpaired) electrons. The van der Waals surface area contributed by atoms with E-state index in [0.717, 1.165) is 60.9 Å². The molecule has 0 saturated heterocycles. The van der Waals surface area contributed by atoms with Gasteiger partial charge in [-0.1, -0.05) is 146 Å². The lowest BCUT2D eigenvalue weighted by atomic mass is 10.1. The summed E-state index contributed by atoms with van der Waals surface area (Å²) in [5, 5.41) is 12.2. The van der Waals surface area contributed by atoms with Gasteiger partial charge in [0.2, 0.25) is 0 Å². The van der Waals surface area contributed by atoms with Crippen LogP contribution in [0.15, 0.2) is 176 Å². The molecular weight excluding hydrogens is 803 g/mol. The third-order valence-electron chi connectivity index (χ3n) is 11.1. The Bertz CT molecular complexity index is 3310. The SMILES string of the molecule is Cc1nc(C)nc(-c2cc(C#N)ccc2-n2c3cc(-c4nc(-c5ccccc5)nc(-c5ccccc5)n4)ccc3c3ccc(-c4nc(-c5ccccc5)nc(-c5ccccc5)n4)cc32)n1. The molecular formula is C54H35N11. The van der Waals surface area contributed by atoms with Gasteiger partial charge in [0.25, 0.3) is 0 Å². The minimum absolute atomic E-state index is 0.458. The molecule has 4 heterocycles. The van der Waals surface area contributed by atoms with Gasteiger partial charge < -0.3 is 4.57 Å². The lowest BCUT2D eigenvalue weighted by Crippen LogP contribution is -2.04. The highest BCUT2D eigenvalue weighted by atomic mass is 15.1. The maximum absolute atomic E-state index is 10.2. The van der Waals surface area contributed by atoms with E-state index in [1.807, 2.05) is 153 Å². The number of fused-ring (bicyclic) bond motifs is 3. The van der Waals surface area contributed by atoms with E-state index in [-0.39, 0.29) is 0 Å². The summed E-state index contributed by atoms with van der Waals surface area (Å²) < 4.78 is 2.19. The van der Waals surface area contributed by atoms with E-state index in [9.17, 15) is 5.26 Å². The van der Waals surface area contributed by atoms with E-state index in [0.29, 0.717) is 63.5 Å². The zero-order chi connectivity index (χ0) is 43.9. The summed E-state index contributed by atoms with van der Waals surface area (Å²) in [4.78, 5) is 44.2. The van der Waals surface area contributed by atoms with Crippen molar-refractivity contribution in [2.45, 2.75) is 13.8 Å². The molecule has 0 amide bonds. The summed E-state index contributed by atoms with van der Waals surface area (Å²) in [5.74, 6) is 4.91. The molecule has 0 bridgehead atoms. The van der Waals surface area contributed by atoms with Crippen LogP contribution in [-0.2, 0) is 0 Å². The number of aromatic nitrogens is 10. The molecule has 306 valence electrons. The second-order valence-electron chi connectivity index (χ2n) is 15.5. The lowest BCUT2D eigenvalue weighted by molar-refractivity contribution is 0.926. The second kappa shape index (κ2) is 16.3. The number of nitrogens with zero attached hydrogens (tertiary/aromatic N) is 11. The molecule has 7 aromatic carbocycles. The predicted octanol–water partition coefficient (Wildman–Crippen LogP) is 11.5. The highest BCUT2D eigenvalue weighted by Crippen LogP contribution is 2.39. The van der Waals surface area contributed by atoms with Gasteiger partial charge in [-0.15, -0.1) is 0 Å². The Kier molecular flexibility index (Phi) is 9.71. The zero-order valence-corrected chi connectivity index (χ0v) is 35.2. The summed E-state index contributed by atoms with van der Waals surface area (Å²) in [6, 6.07) is 60.2. The van der Waals surface area contributed by atoms with Crippen LogP contribution in [-0.4, -0.2) is 49.4 Å². The fourth-order valence-electron chi connectivity index (χ4n) is 8.15. The standard InChI is InChI=1S/C54H35N11/c1-33-56-34(2)58-54(57-33)44-29-35(32-55)23-28-45(44)65-46-30-40(52-61-48(36-15-7-3-8-16-36)59-49(62-52)37-17-9-4-10-18-37)24-26-42(46)43-27-25-41(31-47(43)65)53-63-50(38-19-11-5-12-20-38)60-51(64-53)39-21-13-6-14-22-39/h3-31H,1-2H3. The third kappa shape index (κ3) is 7.41. The summed E-state index contributed by atoms with van der Waals surface area (Å²) in [7, 11) is 0. The molecule has 11 nitrogen and oxygen atoms in total. The smallest absolute Gasteiger partial charge is 0.165 e. The minimum atomic E-state index is 0.458. The summed E-state index contributed by atoms with van der Waals surface area (Å²) in [6.07, 6.45) is 0. The fourth-order valence-corrected chi connectivity index (χ4v) is 8.15. The third-order valence-corrected chi connectivity index (χ3v) is 11.1. The van der Waals surface area contributed by atoms with Gasteiger partial charge in [0, 0.05) is 49.7 Å². The Balaban J connectivity index is 1.19. The molecule has 0 saturated carbocycles. The van der Waals surface area contributed by atoms with Crippen LogP contribution >= 0.6 is 0 Å². The number of nitriles is 1. The lowest BCUT2D eigenvalue weighted by Gasteiger charge is -2.15. The van der Waals surface area contributed by atoms with Crippen molar-refractivity contribution in [3.63, 3.8) is 0 Å². The van der Waals surface area contributed by atoms with Crippen LogP contribution in [0, 0.1) is 25.2 Å². The first-order valence-electron chi connectivity index (χ1n) is 21.0. The van der Waals surface area contributed by atoms with Gasteiger partial charge in [0.05, 0.1) is 28.4 Å². The number of hydrogen-bond acceptors (Lipinski definition) is 10. The molecule has 0 spiro atoms. The van der Waals surface area contributed by atoms with Crippen molar-refractivity contribution in [1.82, 2.24) is 49.4 Å². The number of rotatable bonds is 8. The van der Waals surface area contributed by atoms with Gasteiger partial charge in [-0.2, -0.15) is 5.26 Å². The van der Waals surface area contributed by atoms with E-state index in [1.54, 1.807) is 0 Å². The first-order valence-corrected chi connectivity index (χ1v) is 21.0. The predicted molar refractivity (Wildman–Crippen MR) is 253 cm³/mol. The van der Waals surface area contributed by atoms with Gasteiger partial charge in [-0.3, -0.25) is 0 Å². The van der Waals surface area contributed by atoms with E-state index in [2.05, 4.69) is 52.0 Å². The first-order chi connectivity index (χ1) is 32.0. The van der Waals surface area contributed by atoms with Crippen LogP contribution in [0.4, 0.5) is 0 Å². The van der Waals surface area contributed by atoms with Crippen molar-refractivity contribution in [3.05, 3.63) is 193 Å². The molecule has 0 aliphatic rings. The Morgan fingerprint density at radius 3 is 1.09 bits per heavy atom. The van der Waals surface area contributed by atoms with Gasteiger partial charge in [0.15, 0.2) is 40.8 Å². The highest BCUT2D eigenvalue weighted by Gasteiger charge is 2.22. The fraction of sp³-hybridized carbons (Fsp3) is 0.0370. The van der Waals surface area contributed by atoms with Crippen molar-refractivity contribution in [2.24, 2.45) is 0 Å². The summed E-state index contributed by atoms with van der Waals surface area (Å²) >= 11 is 0. The first kappa shape index (κ1) is 38.8. The maximum atomic E-state index is 10.2. The molecule has 0 aliphatic carbocycles. The Morgan fingerprint density at radius 1 is 0.354 bits per heavy atom. The second-order valence-corrected chi connectivity index (χ2v) is 15.5. The molecule has 65 heavy (non-hydrogen) atoms. The summed E-state index contributed by atoms with van der Waals surface area (Å²) in [6.45, 7) is 3.69. The van der Waals surface area contributed by atoms with Crippen molar-refractivity contribution in [2.75, 3.05) is 0 Å². The van der Waals surface area contributed by atoms with Crippen molar-refractivity contribution in [3.8, 4) is 91.5 Å². The molecule has 0 atom stereocenters. The van der Waals surface area contributed by atoms with Crippen molar-refractivity contribution in [1.29, 1.82) is 5.26 Å². The van der Waals surface area contributed by atoms with E-state index >= 15 is 0 Å². The maximum Gasteiger partial charge on any atom is 0.165 e. The van der Waals surface area contributed by atoms with Crippen LogP contribution in [0.2, 0.25) is 0 Å². The van der Waals surface area contributed by atoms with Gasteiger partial charge in [-0.05, 0) is 44.2 Å². The van der Waals surface area contributed by atoms with Crippen molar-refractivity contribution >= 4 is 21.8 Å². The van der Waals surface area contributed by atoms with Crippen molar-refractivity contribution < 1.29 is 0 Å². The minimum Gasteiger partial charge on any atom is -0.308 e. The molecule has 11 rings (SSSR count). The van der Waals surface area contributed by atoms with Crippen LogP contribution in [0.5, 0.6) is 0 Å². The Morgan fingerprint density at radius 2 is 0.723 bits per heavy atom. The number of benzene rings is 7. The van der Waals surface area contributed by atoms with Gasteiger partial charge in [0.1, 0.15) is 11.6 Å². The molecule has 11 heteroatoms. The van der Waals surface area contributed by atoms with E-state index in [1.165, 1.54) is 0 Å². The Hall–Kier alpha value is -9.14. The average Bonchev–Trinajstić information content (AvgIpc) is 3.69. The molecule has 0 N–H and O–H groups in total. The van der Waals surface area contributed by atoms with E-state index < -0.39 is 0 Å². The van der Waals surface area contributed by atoms with Crippen LogP contribution in [0.1, 0.15) is 17.2 Å². The Labute approximate surface area is 373 Å². The van der Waals surface area contributed by atoms with Crippen LogP contribution in [0.3, 0.4) is 0 Å². The van der Waals surface area contributed by atoms with E-state index in [4.69, 9.17) is 39.9 Å². The van der Waals surface area contributed by atoms with Gasteiger partial charge in [-0.25, -0.2) is 44.9 Å². The quantitative estimate of drug-likeness (QED) is 0.145. The van der Waals surface area contributed by atoms with Crippen LogP contribution in [0.25, 0.3) is 107 Å². The monoisotopic (exact) mass is 837 g/mol. The molecule has 11 aromatic rings. The molecule has 0 aliphatic heterocycles. The highest BCUT2D eigenvalue weighted by molar-refractivity contribution is 6.11. The molecule has 0 unspecified atom stereocenters. The normalized spacial score (nSPS) is 11.2. The average molecular weight is 838 g/mol. The number of hydrogen-bond donors (Lipinski definition) is 0. The summed E-state index contributed by atoms with van der Waals surface area (Å²) in [5.41, 5.74) is 8.75. The molecule has 4 aromatic heterocycles. The van der Waals surface area contributed by atoms with Crippen LogP contribution < -0.4 is 0 Å². The topological polar surface area (TPSA) is 145 Å². The number of aryl methyl sites for hydroxylation is 2. The van der Waals surface area contributed by atoms with Gasteiger partial charge >= 0.3 is 0 Å². The molecule has 0 fully saturated rings. The zero-order valence-electron chi connectivity index (χ0n) is 35.2.